The van der Waals surface area contributed by atoms with E-state index in [1.807, 2.05) is 6.07 Å². The van der Waals surface area contributed by atoms with E-state index in [9.17, 15) is 0 Å². The summed E-state index contributed by atoms with van der Waals surface area (Å²) in [5.41, 5.74) is 6.95. The van der Waals surface area contributed by atoms with Crippen LogP contribution in [0.4, 0.5) is 5.69 Å². The predicted molar refractivity (Wildman–Crippen MR) is 46.6 cm³/mol. The molecule has 0 aromatic heterocycles. The van der Waals surface area contributed by atoms with Crippen LogP contribution in [-0.4, -0.2) is 19.1 Å². The average molecular weight is 148 g/mol. The van der Waals surface area contributed by atoms with Crippen molar-refractivity contribution < 1.29 is 0 Å². The zero-order chi connectivity index (χ0) is 7.68. The highest BCUT2D eigenvalue weighted by molar-refractivity contribution is 5.48. The molecule has 0 spiro atoms. The van der Waals surface area contributed by atoms with Crippen molar-refractivity contribution in [3.63, 3.8) is 0 Å². The molecule has 1 aliphatic heterocycles. The molecule has 0 radical (unpaired) electrons. The first-order valence-electron chi connectivity index (χ1n) is 3.92. The van der Waals surface area contributed by atoms with Crippen molar-refractivity contribution in [3.05, 3.63) is 30.3 Å². The predicted octanol–water partition coefficient (Wildman–Crippen LogP) is 0.834. The highest BCUT2D eigenvalue weighted by Crippen LogP contribution is 2.18. The number of hydrogen-bond donors (Lipinski definition) is 1. The second-order valence-electron chi connectivity index (χ2n) is 3.00. The Morgan fingerprint density at radius 3 is 2.36 bits per heavy atom. The van der Waals surface area contributed by atoms with Crippen LogP contribution in [-0.2, 0) is 0 Å². The summed E-state index contributed by atoms with van der Waals surface area (Å²) in [6.07, 6.45) is 0. The Kier molecular flexibility index (Phi) is 1.55. The molecule has 1 aliphatic rings. The Morgan fingerprint density at radius 1 is 1.18 bits per heavy atom. The van der Waals surface area contributed by atoms with Crippen molar-refractivity contribution in [2.24, 2.45) is 5.73 Å². The molecule has 2 rings (SSSR count). The normalized spacial score (nSPS) is 18.1. The third kappa shape index (κ3) is 1.21. The summed E-state index contributed by atoms with van der Waals surface area (Å²) in [4.78, 5) is 2.28. The lowest BCUT2D eigenvalue weighted by atomic mass is 10.1. The summed E-state index contributed by atoms with van der Waals surface area (Å²) in [5, 5.41) is 0. The van der Waals surface area contributed by atoms with E-state index in [0.717, 1.165) is 13.1 Å². The Hall–Kier alpha value is -1.02. The summed E-state index contributed by atoms with van der Waals surface area (Å²) in [6, 6.07) is 10.8. The molecule has 0 unspecified atom stereocenters. The largest absolute Gasteiger partial charge is 0.368 e. The van der Waals surface area contributed by atoms with Crippen LogP contribution in [0.5, 0.6) is 0 Å². The zero-order valence-electron chi connectivity index (χ0n) is 6.40. The molecule has 2 nitrogen and oxygen atoms in total. The lowest BCUT2D eigenvalue weighted by Gasteiger charge is -2.38. The van der Waals surface area contributed by atoms with Crippen LogP contribution in [0.3, 0.4) is 0 Å². The monoisotopic (exact) mass is 148 g/mol. The maximum Gasteiger partial charge on any atom is 0.0395 e. The van der Waals surface area contributed by atoms with Crippen molar-refractivity contribution in [2.75, 3.05) is 18.0 Å². The van der Waals surface area contributed by atoms with Crippen LogP contribution in [0.2, 0.25) is 0 Å². The SMILES string of the molecule is NC1CN(c2ccccc2)C1. The second kappa shape index (κ2) is 2.55. The van der Waals surface area contributed by atoms with E-state index in [1.54, 1.807) is 0 Å². The van der Waals surface area contributed by atoms with E-state index >= 15 is 0 Å². The van der Waals surface area contributed by atoms with Gasteiger partial charge in [0.25, 0.3) is 0 Å². The summed E-state index contributed by atoms with van der Waals surface area (Å²) in [7, 11) is 0. The molecule has 58 valence electrons. The van der Waals surface area contributed by atoms with Gasteiger partial charge in [-0.05, 0) is 12.1 Å². The fourth-order valence-electron chi connectivity index (χ4n) is 1.36. The fourth-order valence-corrected chi connectivity index (χ4v) is 1.36. The standard InChI is InChI=1S/C9H12N2/c10-8-6-11(7-8)9-4-2-1-3-5-9/h1-5,8H,6-7,10H2. The van der Waals surface area contributed by atoms with E-state index in [1.165, 1.54) is 5.69 Å². The van der Waals surface area contributed by atoms with Gasteiger partial charge >= 0.3 is 0 Å². The summed E-state index contributed by atoms with van der Waals surface area (Å²) < 4.78 is 0. The minimum atomic E-state index is 0.384. The molecule has 1 aromatic rings. The molecule has 0 bridgehead atoms. The molecule has 0 amide bonds. The highest BCUT2D eigenvalue weighted by atomic mass is 15.2. The molecule has 0 aliphatic carbocycles. The minimum absolute atomic E-state index is 0.384. The first-order valence-corrected chi connectivity index (χ1v) is 3.92. The molecule has 1 aromatic carbocycles. The lowest BCUT2D eigenvalue weighted by Crippen LogP contribution is -2.55. The molecule has 2 N–H and O–H groups in total. The van der Waals surface area contributed by atoms with Crippen molar-refractivity contribution >= 4 is 5.69 Å². The topological polar surface area (TPSA) is 29.3 Å². The molecule has 0 saturated carbocycles. The van der Waals surface area contributed by atoms with Gasteiger partial charge in [-0.2, -0.15) is 0 Å². The highest BCUT2D eigenvalue weighted by Gasteiger charge is 2.22. The van der Waals surface area contributed by atoms with Crippen LogP contribution >= 0.6 is 0 Å². The van der Waals surface area contributed by atoms with E-state index in [2.05, 4.69) is 29.2 Å². The van der Waals surface area contributed by atoms with Crippen LogP contribution in [0, 0.1) is 0 Å². The molecule has 1 heterocycles. The Morgan fingerprint density at radius 2 is 1.82 bits per heavy atom. The van der Waals surface area contributed by atoms with Gasteiger partial charge in [0.15, 0.2) is 0 Å². The molecular weight excluding hydrogens is 136 g/mol. The smallest absolute Gasteiger partial charge is 0.0395 e. The number of para-hydroxylation sites is 1. The van der Waals surface area contributed by atoms with Crippen molar-refractivity contribution in [1.82, 2.24) is 0 Å². The van der Waals surface area contributed by atoms with Gasteiger partial charge < -0.3 is 10.6 Å². The van der Waals surface area contributed by atoms with E-state index in [0.29, 0.717) is 6.04 Å². The maximum atomic E-state index is 5.66. The van der Waals surface area contributed by atoms with Crippen molar-refractivity contribution in [3.8, 4) is 0 Å². The summed E-state index contributed by atoms with van der Waals surface area (Å²) >= 11 is 0. The summed E-state index contributed by atoms with van der Waals surface area (Å²) in [6.45, 7) is 2.01. The number of rotatable bonds is 1. The number of benzene rings is 1. The van der Waals surface area contributed by atoms with Gasteiger partial charge in [-0.15, -0.1) is 0 Å². The van der Waals surface area contributed by atoms with Gasteiger partial charge in [-0.1, -0.05) is 18.2 Å². The van der Waals surface area contributed by atoms with Gasteiger partial charge in [0.1, 0.15) is 0 Å². The van der Waals surface area contributed by atoms with Gasteiger partial charge in [-0.3, -0.25) is 0 Å². The average Bonchev–Trinajstić information content (AvgIpc) is 2.01. The van der Waals surface area contributed by atoms with Gasteiger partial charge in [-0.25, -0.2) is 0 Å². The lowest BCUT2D eigenvalue weighted by molar-refractivity contribution is 0.519. The molecule has 1 fully saturated rings. The number of nitrogens with two attached hydrogens (primary N) is 1. The second-order valence-corrected chi connectivity index (χ2v) is 3.00. The zero-order valence-corrected chi connectivity index (χ0v) is 6.40. The molecule has 0 atom stereocenters. The first kappa shape index (κ1) is 6.68. The Labute approximate surface area is 66.6 Å². The van der Waals surface area contributed by atoms with E-state index in [4.69, 9.17) is 5.73 Å². The summed E-state index contributed by atoms with van der Waals surface area (Å²) in [5.74, 6) is 0. The van der Waals surface area contributed by atoms with Gasteiger partial charge in [0.2, 0.25) is 0 Å². The third-order valence-electron chi connectivity index (χ3n) is 2.03. The van der Waals surface area contributed by atoms with Crippen molar-refractivity contribution in [1.29, 1.82) is 0 Å². The van der Waals surface area contributed by atoms with Crippen LogP contribution in [0.1, 0.15) is 0 Å². The van der Waals surface area contributed by atoms with Crippen LogP contribution in [0.15, 0.2) is 30.3 Å². The molecular formula is C9H12N2. The minimum Gasteiger partial charge on any atom is -0.368 e. The van der Waals surface area contributed by atoms with Gasteiger partial charge in [0, 0.05) is 24.8 Å². The maximum absolute atomic E-state index is 5.66. The quantitative estimate of drug-likeness (QED) is 0.639. The van der Waals surface area contributed by atoms with E-state index in [-0.39, 0.29) is 0 Å². The van der Waals surface area contributed by atoms with Gasteiger partial charge in [0.05, 0.1) is 0 Å². The number of hydrogen-bond acceptors (Lipinski definition) is 2. The van der Waals surface area contributed by atoms with Crippen LogP contribution < -0.4 is 10.6 Å². The van der Waals surface area contributed by atoms with E-state index < -0.39 is 0 Å². The fraction of sp³-hybridized carbons (Fsp3) is 0.333. The Bertz CT molecular complexity index is 227. The molecule has 1 saturated heterocycles. The molecule has 2 heteroatoms. The number of nitrogens with zero attached hydrogens (tertiary/aromatic N) is 1. The van der Waals surface area contributed by atoms with Crippen molar-refractivity contribution in [2.45, 2.75) is 6.04 Å². The van der Waals surface area contributed by atoms with Crippen LogP contribution in [0.25, 0.3) is 0 Å². The third-order valence-corrected chi connectivity index (χ3v) is 2.03. The Balaban J connectivity index is 2.08. The molecule has 11 heavy (non-hydrogen) atoms. The number of anilines is 1. The first-order chi connectivity index (χ1) is 5.36.